The average molecular weight is 450 g/mol. The zero-order valence-corrected chi connectivity index (χ0v) is 20.1. The molecule has 6 nitrogen and oxygen atoms in total. The first-order chi connectivity index (χ1) is 15.5. The van der Waals surface area contributed by atoms with Gasteiger partial charge in [0.1, 0.15) is 11.4 Å². The Hall–Kier alpha value is -3.28. The molecule has 2 aromatic rings. The van der Waals surface area contributed by atoms with Crippen LogP contribution in [0.15, 0.2) is 35.3 Å². The van der Waals surface area contributed by atoms with Crippen LogP contribution in [0, 0.1) is 0 Å². The van der Waals surface area contributed by atoms with Crippen molar-refractivity contribution in [2.75, 3.05) is 13.7 Å². The van der Waals surface area contributed by atoms with E-state index in [1.807, 2.05) is 25.1 Å². The molecule has 0 saturated carbocycles. The van der Waals surface area contributed by atoms with Crippen molar-refractivity contribution in [3.63, 3.8) is 0 Å². The molecule has 33 heavy (non-hydrogen) atoms. The summed E-state index contributed by atoms with van der Waals surface area (Å²) in [6, 6.07) is 7.87. The van der Waals surface area contributed by atoms with E-state index in [1.54, 1.807) is 7.11 Å². The van der Waals surface area contributed by atoms with Crippen LogP contribution in [0.25, 0.3) is 6.08 Å². The Labute approximate surface area is 194 Å². The van der Waals surface area contributed by atoms with E-state index in [2.05, 4.69) is 33.8 Å². The van der Waals surface area contributed by atoms with E-state index in [0.717, 1.165) is 52.8 Å². The van der Waals surface area contributed by atoms with Crippen LogP contribution in [0.2, 0.25) is 0 Å². The molecule has 1 N–H and O–H groups in total. The summed E-state index contributed by atoms with van der Waals surface area (Å²) >= 11 is 0. The highest BCUT2D eigenvalue weighted by atomic mass is 16.5. The smallest absolute Gasteiger partial charge is 0.328 e. The van der Waals surface area contributed by atoms with Gasteiger partial charge < -0.3 is 19.3 Å². The number of rotatable bonds is 6. The van der Waals surface area contributed by atoms with Gasteiger partial charge in [0.05, 0.1) is 25.0 Å². The number of nitrogens with zero attached hydrogens (tertiary/aromatic N) is 1. The van der Waals surface area contributed by atoms with Crippen LogP contribution in [0.1, 0.15) is 62.4 Å². The zero-order valence-electron chi connectivity index (χ0n) is 20.1. The van der Waals surface area contributed by atoms with Gasteiger partial charge in [-0.1, -0.05) is 12.1 Å². The summed E-state index contributed by atoms with van der Waals surface area (Å²) < 4.78 is 17.9. The summed E-state index contributed by atoms with van der Waals surface area (Å²) in [5.41, 5.74) is 5.33. The van der Waals surface area contributed by atoms with Crippen molar-refractivity contribution in [2.45, 2.75) is 58.6 Å². The molecular weight excluding hydrogens is 418 g/mol. The van der Waals surface area contributed by atoms with E-state index in [9.17, 15) is 4.79 Å². The van der Waals surface area contributed by atoms with Crippen LogP contribution < -0.4 is 14.2 Å². The van der Waals surface area contributed by atoms with Gasteiger partial charge in [-0.3, -0.25) is 4.99 Å². The van der Waals surface area contributed by atoms with Crippen LogP contribution in [-0.4, -0.2) is 41.6 Å². The Morgan fingerprint density at radius 3 is 2.61 bits per heavy atom. The third kappa shape index (κ3) is 4.47. The van der Waals surface area contributed by atoms with Gasteiger partial charge in [0.2, 0.25) is 0 Å². The lowest BCUT2D eigenvalue weighted by Gasteiger charge is -2.31. The molecule has 0 bridgehead atoms. The fourth-order valence-electron chi connectivity index (χ4n) is 4.70. The molecule has 174 valence electrons. The topological polar surface area (TPSA) is 77.4 Å². The summed E-state index contributed by atoms with van der Waals surface area (Å²) in [6.07, 6.45) is 4.21. The number of hydrogen-bond donors (Lipinski definition) is 1. The van der Waals surface area contributed by atoms with Crippen molar-refractivity contribution >= 4 is 17.8 Å². The van der Waals surface area contributed by atoms with Gasteiger partial charge in [-0.05, 0) is 64.8 Å². The number of benzene rings is 2. The van der Waals surface area contributed by atoms with E-state index in [0.29, 0.717) is 17.9 Å². The van der Waals surface area contributed by atoms with Crippen LogP contribution >= 0.6 is 0 Å². The SMILES string of the molecule is CCOc1cc2c(c3c1OC(C)(C)C3)C(c1ccc(/C=C/C(=O)O)c(OC)c1)=NC(C)(C)C2. The van der Waals surface area contributed by atoms with Gasteiger partial charge in [-0.2, -0.15) is 0 Å². The molecule has 0 aromatic heterocycles. The first kappa shape index (κ1) is 22.9. The van der Waals surface area contributed by atoms with Gasteiger partial charge in [-0.15, -0.1) is 0 Å². The summed E-state index contributed by atoms with van der Waals surface area (Å²) in [6.45, 7) is 11.0. The number of methoxy groups -OCH3 is 1. The predicted molar refractivity (Wildman–Crippen MR) is 129 cm³/mol. The monoisotopic (exact) mass is 449 g/mol. The van der Waals surface area contributed by atoms with Crippen LogP contribution in [0.5, 0.6) is 17.2 Å². The average Bonchev–Trinajstić information content (AvgIpc) is 3.06. The lowest BCUT2D eigenvalue weighted by molar-refractivity contribution is -0.131. The molecule has 4 rings (SSSR count). The Morgan fingerprint density at radius 2 is 1.94 bits per heavy atom. The maximum absolute atomic E-state index is 11.0. The molecule has 0 saturated heterocycles. The zero-order chi connectivity index (χ0) is 24.0. The highest BCUT2D eigenvalue weighted by Crippen LogP contribution is 2.48. The number of carboxylic acids is 1. The number of aliphatic carboxylic acids is 1. The van der Waals surface area contributed by atoms with Gasteiger partial charge in [0.15, 0.2) is 11.5 Å². The molecule has 6 heteroatoms. The summed E-state index contributed by atoms with van der Waals surface area (Å²) in [5, 5.41) is 8.99. The third-order valence-corrected chi connectivity index (χ3v) is 5.89. The Balaban J connectivity index is 1.91. The van der Waals surface area contributed by atoms with Gasteiger partial charge in [0.25, 0.3) is 0 Å². The normalized spacial score (nSPS) is 17.7. The molecule has 0 radical (unpaired) electrons. The lowest BCUT2D eigenvalue weighted by atomic mass is 9.81. The van der Waals surface area contributed by atoms with Gasteiger partial charge in [0, 0.05) is 34.8 Å². The lowest BCUT2D eigenvalue weighted by Crippen LogP contribution is -2.30. The molecule has 2 heterocycles. The van der Waals surface area contributed by atoms with E-state index < -0.39 is 5.97 Å². The summed E-state index contributed by atoms with van der Waals surface area (Å²) in [4.78, 5) is 16.1. The van der Waals surface area contributed by atoms with Crippen molar-refractivity contribution in [3.8, 4) is 17.2 Å². The standard InChI is InChI=1S/C27H31NO5/c1-7-32-21-13-18-14-26(2,3)28-24(23(18)19-15-27(4,5)33-25(19)21)17-9-8-16(10-11-22(29)30)20(12-17)31-6/h8-13H,7,14-15H2,1-6H3,(H,29,30)/b11-10+. The summed E-state index contributed by atoms with van der Waals surface area (Å²) in [5.74, 6) is 1.19. The minimum Gasteiger partial charge on any atom is -0.496 e. The number of carboxylic acid groups (broad SMARTS) is 1. The quantitative estimate of drug-likeness (QED) is 0.623. The second-order valence-electron chi connectivity index (χ2n) is 9.77. The molecule has 2 aliphatic rings. The maximum Gasteiger partial charge on any atom is 0.328 e. The van der Waals surface area contributed by atoms with Gasteiger partial charge >= 0.3 is 5.97 Å². The van der Waals surface area contributed by atoms with Crippen molar-refractivity contribution in [2.24, 2.45) is 4.99 Å². The fraction of sp³-hybridized carbons (Fsp3) is 0.407. The van der Waals surface area contributed by atoms with E-state index in [4.69, 9.17) is 24.3 Å². The molecule has 0 atom stereocenters. The van der Waals surface area contributed by atoms with Crippen molar-refractivity contribution < 1.29 is 24.1 Å². The highest BCUT2D eigenvalue weighted by Gasteiger charge is 2.39. The Kier molecular flexibility index (Phi) is 5.72. The second kappa shape index (κ2) is 8.25. The van der Waals surface area contributed by atoms with E-state index in [1.165, 1.54) is 11.6 Å². The van der Waals surface area contributed by atoms with Crippen molar-refractivity contribution in [1.29, 1.82) is 0 Å². The third-order valence-electron chi connectivity index (χ3n) is 5.89. The number of fused-ring (bicyclic) bond motifs is 3. The first-order valence-electron chi connectivity index (χ1n) is 11.2. The molecule has 0 unspecified atom stereocenters. The molecular formula is C27H31NO5. The Bertz CT molecular complexity index is 1170. The minimum atomic E-state index is -1.00. The van der Waals surface area contributed by atoms with Gasteiger partial charge in [-0.25, -0.2) is 4.79 Å². The fourth-order valence-corrected chi connectivity index (χ4v) is 4.70. The largest absolute Gasteiger partial charge is 0.496 e. The molecule has 0 aliphatic carbocycles. The predicted octanol–water partition coefficient (Wildman–Crippen LogP) is 5.08. The summed E-state index contributed by atoms with van der Waals surface area (Å²) in [7, 11) is 1.58. The number of aliphatic imine (C=N–C) groups is 1. The van der Waals surface area contributed by atoms with Crippen LogP contribution in [0.3, 0.4) is 0 Å². The molecule has 2 aromatic carbocycles. The molecule has 0 amide bonds. The van der Waals surface area contributed by atoms with Crippen molar-refractivity contribution in [3.05, 3.63) is 58.2 Å². The number of hydrogen-bond acceptors (Lipinski definition) is 5. The molecule has 0 fully saturated rings. The van der Waals surface area contributed by atoms with Crippen LogP contribution in [0.4, 0.5) is 0 Å². The molecule has 0 spiro atoms. The minimum absolute atomic E-state index is 0.288. The first-order valence-corrected chi connectivity index (χ1v) is 11.2. The van der Waals surface area contributed by atoms with E-state index >= 15 is 0 Å². The van der Waals surface area contributed by atoms with Crippen LogP contribution in [-0.2, 0) is 17.6 Å². The second-order valence-corrected chi connectivity index (χ2v) is 9.77. The highest BCUT2D eigenvalue weighted by molar-refractivity contribution is 6.16. The van der Waals surface area contributed by atoms with Crippen molar-refractivity contribution in [1.82, 2.24) is 0 Å². The number of ether oxygens (including phenoxy) is 3. The Morgan fingerprint density at radius 1 is 1.18 bits per heavy atom. The number of carbonyl (C=O) groups is 1. The van der Waals surface area contributed by atoms with E-state index in [-0.39, 0.29) is 11.1 Å². The molecule has 2 aliphatic heterocycles. The maximum atomic E-state index is 11.0.